The summed E-state index contributed by atoms with van der Waals surface area (Å²) in [6, 6.07) is 14.8. The fourth-order valence-electron chi connectivity index (χ4n) is 2.22. The van der Waals surface area contributed by atoms with Crippen LogP contribution in [0.5, 0.6) is 0 Å². The molecule has 0 saturated heterocycles. The first-order valence-electron chi connectivity index (χ1n) is 6.19. The van der Waals surface area contributed by atoms with E-state index < -0.39 is 0 Å². The molecule has 1 aromatic carbocycles. The van der Waals surface area contributed by atoms with Gasteiger partial charge in [0.05, 0.1) is 11.4 Å². The summed E-state index contributed by atoms with van der Waals surface area (Å²) in [5, 5.41) is 0. The Bertz CT molecular complexity index is 686. The lowest BCUT2D eigenvalue weighted by Gasteiger charge is -2.09. The molecule has 0 aliphatic heterocycles. The molecule has 2 aromatic heterocycles. The van der Waals surface area contributed by atoms with E-state index in [1.54, 1.807) is 12.1 Å². The fourth-order valence-corrected chi connectivity index (χ4v) is 2.22. The zero-order chi connectivity index (χ0) is 13.9. The molecular formula is C16H12N2O2. The van der Waals surface area contributed by atoms with E-state index in [1.165, 1.54) is 0 Å². The number of nitrogens with zero attached hydrogens (tertiary/aromatic N) is 2. The summed E-state index contributed by atoms with van der Waals surface area (Å²) < 4.78 is 3.63. The molecule has 0 radical (unpaired) electrons. The van der Waals surface area contributed by atoms with Gasteiger partial charge in [-0.3, -0.25) is 9.59 Å². The first-order valence-corrected chi connectivity index (χ1v) is 6.19. The minimum absolute atomic E-state index is 0.604. The van der Waals surface area contributed by atoms with Crippen molar-refractivity contribution >= 4 is 12.6 Å². The minimum Gasteiger partial charge on any atom is -0.314 e. The number of rotatable bonds is 4. The molecule has 0 bridgehead atoms. The number of carbonyl (C=O) groups excluding carboxylic acids is 2. The third-order valence-corrected chi connectivity index (χ3v) is 3.21. The van der Waals surface area contributed by atoms with Gasteiger partial charge in [-0.15, -0.1) is 0 Å². The molecule has 0 aliphatic rings. The van der Waals surface area contributed by atoms with E-state index in [4.69, 9.17) is 0 Å². The Morgan fingerprint density at radius 1 is 0.650 bits per heavy atom. The molecule has 0 fully saturated rings. The number of aldehydes is 2. The molecule has 20 heavy (non-hydrogen) atoms. The molecule has 4 heteroatoms. The van der Waals surface area contributed by atoms with Crippen LogP contribution in [0.15, 0.2) is 60.9 Å². The molecule has 0 unspecified atom stereocenters. The van der Waals surface area contributed by atoms with E-state index in [-0.39, 0.29) is 0 Å². The first-order chi connectivity index (χ1) is 9.83. The molecule has 2 heterocycles. The zero-order valence-electron chi connectivity index (χ0n) is 10.6. The van der Waals surface area contributed by atoms with E-state index >= 15 is 0 Å². The monoisotopic (exact) mass is 264 g/mol. The van der Waals surface area contributed by atoms with Crippen LogP contribution in [-0.4, -0.2) is 21.7 Å². The Labute approximate surface area is 115 Å². The highest BCUT2D eigenvalue weighted by Gasteiger charge is 2.04. The molecule has 0 atom stereocenters. The van der Waals surface area contributed by atoms with Crippen molar-refractivity contribution in [3.8, 4) is 11.4 Å². The average molecular weight is 264 g/mol. The lowest BCUT2D eigenvalue weighted by Crippen LogP contribution is -2.00. The summed E-state index contributed by atoms with van der Waals surface area (Å²) in [6.45, 7) is 0. The van der Waals surface area contributed by atoms with Crippen LogP contribution in [0.1, 0.15) is 21.0 Å². The number of hydrogen-bond donors (Lipinski definition) is 0. The number of benzene rings is 1. The van der Waals surface area contributed by atoms with Gasteiger partial charge < -0.3 is 9.13 Å². The van der Waals surface area contributed by atoms with E-state index in [1.807, 2.05) is 57.9 Å². The second kappa shape index (κ2) is 5.01. The van der Waals surface area contributed by atoms with Crippen molar-refractivity contribution in [2.24, 2.45) is 0 Å². The van der Waals surface area contributed by atoms with Crippen LogP contribution in [0, 0.1) is 0 Å². The molecule has 4 nitrogen and oxygen atoms in total. The van der Waals surface area contributed by atoms with Crippen LogP contribution in [0.2, 0.25) is 0 Å². The standard InChI is InChI=1S/C16H12N2O2/c19-11-15-3-1-9-17(15)13-5-7-14(8-6-13)18-10-2-4-16(18)12-20/h1-12H. The molecule has 0 spiro atoms. The van der Waals surface area contributed by atoms with Gasteiger partial charge in [0.15, 0.2) is 12.6 Å². The second-order valence-electron chi connectivity index (χ2n) is 4.36. The van der Waals surface area contributed by atoms with E-state index in [9.17, 15) is 9.59 Å². The van der Waals surface area contributed by atoms with Crippen LogP contribution in [0.25, 0.3) is 11.4 Å². The molecule has 0 saturated carbocycles. The topological polar surface area (TPSA) is 44.0 Å². The third kappa shape index (κ3) is 1.97. The maximum atomic E-state index is 10.9. The minimum atomic E-state index is 0.604. The maximum Gasteiger partial charge on any atom is 0.166 e. The van der Waals surface area contributed by atoms with Gasteiger partial charge in [0.1, 0.15) is 0 Å². The fraction of sp³-hybridized carbons (Fsp3) is 0. The van der Waals surface area contributed by atoms with Crippen LogP contribution in [0.4, 0.5) is 0 Å². The Morgan fingerprint density at radius 2 is 1.05 bits per heavy atom. The summed E-state index contributed by atoms with van der Waals surface area (Å²) in [6.07, 6.45) is 5.32. The van der Waals surface area contributed by atoms with Gasteiger partial charge in [0.2, 0.25) is 0 Å². The number of carbonyl (C=O) groups is 2. The first kappa shape index (κ1) is 12.2. The van der Waals surface area contributed by atoms with Gasteiger partial charge >= 0.3 is 0 Å². The lowest BCUT2D eigenvalue weighted by atomic mass is 10.2. The number of hydrogen-bond acceptors (Lipinski definition) is 2. The highest BCUT2D eigenvalue weighted by molar-refractivity contribution is 5.74. The van der Waals surface area contributed by atoms with Gasteiger partial charge in [0.25, 0.3) is 0 Å². The Hall–Kier alpha value is -2.88. The molecular weight excluding hydrogens is 252 g/mol. The maximum absolute atomic E-state index is 10.9. The van der Waals surface area contributed by atoms with E-state index in [0.29, 0.717) is 11.4 Å². The highest BCUT2D eigenvalue weighted by Crippen LogP contribution is 2.16. The highest BCUT2D eigenvalue weighted by atomic mass is 16.1. The lowest BCUT2D eigenvalue weighted by molar-refractivity contribution is 0.111. The van der Waals surface area contributed by atoms with Crippen molar-refractivity contribution in [3.05, 3.63) is 72.3 Å². The molecule has 98 valence electrons. The Balaban J connectivity index is 2.00. The molecule has 0 aliphatic carbocycles. The summed E-state index contributed by atoms with van der Waals surface area (Å²) >= 11 is 0. The van der Waals surface area contributed by atoms with Crippen LogP contribution in [0.3, 0.4) is 0 Å². The van der Waals surface area contributed by atoms with Crippen LogP contribution in [-0.2, 0) is 0 Å². The smallest absolute Gasteiger partial charge is 0.166 e. The van der Waals surface area contributed by atoms with Crippen molar-refractivity contribution < 1.29 is 9.59 Å². The van der Waals surface area contributed by atoms with Crippen LogP contribution >= 0.6 is 0 Å². The average Bonchev–Trinajstić information content (AvgIpc) is 3.15. The van der Waals surface area contributed by atoms with Crippen molar-refractivity contribution in [2.45, 2.75) is 0 Å². The van der Waals surface area contributed by atoms with Crippen molar-refractivity contribution in [1.82, 2.24) is 9.13 Å². The Kier molecular flexibility index (Phi) is 3.05. The molecule has 0 amide bonds. The zero-order valence-corrected chi connectivity index (χ0v) is 10.6. The summed E-state index contributed by atoms with van der Waals surface area (Å²) in [7, 11) is 0. The third-order valence-electron chi connectivity index (χ3n) is 3.21. The predicted molar refractivity (Wildman–Crippen MR) is 75.9 cm³/mol. The van der Waals surface area contributed by atoms with E-state index in [0.717, 1.165) is 23.9 Å². The molecule has 3 aromatic rings. The Morgan fingerprint density at radius 3 is 1.40 bits per heavy atom. The van der Waals surface area contributed by atoms with Gasteiger partial charge in [0, 0.05) is 23.8 Å². The summed E-state index contributed by atoms with van der Waals surface area (Å²) in [5.74, 6) is 0. The van der Waals surface area contributed by atoms with Gasteiger partial charge in [-0.25, -0.2) is 0 Å². The number of aromatic nitrogens is 2. The SMILES string of the molecule is O=Cc1cccn1-c1ccc(-n2cccc2C=O)cc1. The molecule has 3 rings (SSSR count). The predicted octanol–water partition coefficient (Wildman–Crippen LogP) is 2.89. The van der Waals surface area contributed by atoms with Crippen molar-refractivity contribution in [1.29, 1.82) is 0 Å². The normalized spacial score (nSPS) is 10.4. The summed E-state index contributed by atoms with van der Waals surface area (Å²) in [5.41, 5.74) is 3.01. The van der Waals surface area contributed by atoms with Gasteiger partial charge in [-0.1, -0.05) is 0 Å². The molecule has 0 N–H and O–H groups in total. The van der Waals surface area contributed by atoms with Gasteiger partial charge in [-0.05, 0) is 48.5 Å². The van der Waals surface area contributed by atoms with Crippen molar-refractivity contribution in [3.63, 3.8) is 0 Å². The van der Waals surface area contributed by atoms with Crippen molar-refractivity contribution in [2.75, 3.05) is 0 Å². The quantitative estimate of drug-likeness (QED) is 0.680. The van der Waals surface area contributed by atoms with Gasteiger partial charge in [-0.2, -0.15) is 0 Å². The van der Waals surface area contributed by atoms with Crippen LogP contribution < -0.4 is 0 Å². The van der Waals surface area contributed by atoms with E-state index in [2.05, 4.69) is 0 Å². The largest absolute Gasteiger partial charge is 0.314 e. The second-order valence-corrected chi connectivity index (χ2v) is 4.36. The summed E-state index contributed by atoms with van der Waals surface area (Å²) in [4.78, 5) is 21.9.